The van der Waals surface area contributed by atoms with Crippen molar-refractivity contribution in [1.29, 1.82) is 0 Å². The molecule has 194 valence electrons. The molecule has 9 heteroatoms. The molecule has 4 aromatic rings. The van der Waals surface area contributed by atoms with E-state index in [1.807, 2.05) is 23.6 Å². The Morgan fingerprint density at radius 2 is 1.76 bits per heavy atom. The second kappa shape index (κ2) is 12.1. The maximum absolute atomic E-state index is 14.8. The van der Waals surface area contributed by atoms with Crippen molar-refractivity contribution in [2.45, 2.75) is 36.6 Å². The summed E-state index contributed by atoms with van der Waals surface area (Å²) in [7, 11) is 1.55. The van der Waals surface area contributed by atoms with Crippen LogP contribution in [0.5, 0.6) is 5.75 Å². The first kappa shape index (κ1) is 27.1. The van der Waals surface area contributed by atoms with Gasteiger partial charge in [0.1, 0.15) is 23.2 Å². The van der Waals surface area contributed by atoms with E-state index in [2.05, 4.69) is 4.98 Å². The molecule has 0 aliphatic rings. The molecule has 0 saturated carbocycles. The fraction of sp³-hybridized carbons (Fsp3) is 0.250. The third-order valence-corrected chi connectivity index (χ3v) is 7.42. The first-order valence-electron chi connectivity index (χ1n) is 11.7. The number of methoxy groups -OCH3 is 1. The van der Waals surface area contributed by atoms with Crippen molar-refractivity contribution in [2.75, 3.05) is 13.7 Å². The van der Waals surface area contributed by atoms with Crippen molar-refractivity contribution < 1.29 is 23.0 Å². The number of hydrogen-bond acceptors (Lipinski definition) is 4. The number of aryl methyl sites for hydroxylation is 1. The van der Waals surface area contributed by atoms with Crippen LogP contribution in [-0.2, 0) is 12.2 Å². The number of aliphatic hydroxyl groups excluding tert-OH is 1. The van der Waals surface area contributed by atoms with Gasteiger partial charge in [0.25, 0.3) is 0 Å². The molecular weight excluding hydrogens is 521 g/mol. The van der Waals surface area contributed by atoms with E-state index >= 15 is 0 Å². The van der Waals surface area contributed by atoms with E-state index < -0.39 is 11.6 Å². The standard InChI is InChI=1S/C28H26ClF3N2O2S/c1-17(19-5-10-23(29)27(14-19)36-2)26-15-33-28(34(26)21-8-6-20(30)7-9-21)37-16-22-24(31)12-18(4-3-11-35)13-25(22)32/h5-10,12-15,17,35H,3-4,11,16H2,1-2H3. The number of nitrogens with zero attached hydrogens (tertiary/aromatic N) is 2. The van der Waals surface area contributed by atoms with Gasteiger partial charge >= 0.3 is 0 Å². The number of hydrogen-bond donors (Lipinski definition) is 1. The molecule has 0 aliphatic carbocycles. The van der Waals surface area contributed by atoms with Crippen molar-refractivity contribution in [2.24, 2.45) is 0 Å². The molecule has 4 rings (SSSR count). The number of halogens is 4. The van der Waals surface area contributed by atoms with E-state index in [1.165, 1.54) is 36.0 Å². The predicted molar refractivity (Wildman–Crippen MR) is 140 cm³/mol. The lowest BCUT2D eigenvalue weighted by atomic mass is 9.97. The zero-order chi connectivity index (χ0) is 26.5. The molecule has 0 bridgehead atoms. The molecule has 0 amide bonds. The second-order valence-electron chi connectivity index (χ2n) is 8.55. The highest BCUT2D eigenvalue weighted by Gasteiger charge is 2.21. The van der Waals surface area contributed by atoms with Crippen LogP contribution >= 0.6 is 23.4 Å². The van der Waals surface area contributed by atoms with Crippen LogP contribution in [0.4, 0.5) is 13.2 Å². The highest BCUT2D eigenvalue weighted by Crippen LogP contribution is 2.36. The normalized spacial score (nSPS) is 12.1. The Balaban J connectivity index is 1.68. The van der Waals surface area contributed by atoms with Crippen LogP contribution in [0.15, 0.2) is 66.0 Å². The number of ether oxygens (including phenoxy) is 1. The number of imidazole rings is 1. The first-order chi connectivity index (χ1) is 17.8. The van der Waals surface area contributed by atoms with Crippen LogP contribution in [0, 0.1) is 17.5 Å². The Morgan fingerprint density at radius 1 is 1.05 bits per heavy atom. The van der Waals surface area contributed by atoms with Crippen LogP contribution in [0.25, 0.3) is 5.69 Å². The summed E-state index contributed by atoms with van der Waals surface area (Å²) in [6.07, 6.45) is 2.54. The highest BCUT2D eigenvalue weighted by molar-refractivity contribution is 7.98. The van der Waals surface area contributed by atoms with Gasteiger partial charge in [-0.15, -0.1) is 0 Å². The monoisotopic (exact) mass is 546 g/mol. The number of benzene rings is 3. The molecule has 0 aliphatic heterocycles. The first-order valence-corrected chi connectivity index (χ1v) is 13.1. The SMILES string of the molecule is COc1cc(C(C)c2cnc(SCc3c(F)cc(CCCO)cc3F)n2-c2ccc(F)cc2)ccc1Cl. The maximum atomic E-state index is 14.8. The van der Waals surface area contributed by atoms with E-state index in [-0.39, 0.29) is 29.7 Å². The van der Waals surface area contributed by atoms with E-state index in [0.717, 1.165) is 11.3 Å². The largest absolute Gasteiger partial charge is 0.495 e. The molecule has 0 radical (unpaired) electrons. The lowest BCUT2D eigenvalue weighted by molar-refractivity contribution is 0.288. The van der Waals surface area contributed by atoms with Crippen molar-refractivity contribution in [1.82, 2.24) is 9.55 Å². The summed E-state index contributed by atoms with van der Waals surface area (Å²) in [6, 6.07) is 14.1. The van der Waals surface area contributed by atoms with Crippen molar-refractivity contribution in [3.8, 4) is 11.4 Å². The summed E-state index contributed by atoms with van der Waals surface area (Å²) >= 11 is 7.39. The molecular formula is C28H26ClF3N2O2S. The van der Waals surface area contributed by atoms with Crippen LogP contribution in [-0.4, -0.2) is 28.4 Å². The van der Waals surface area contributed by atoms with E-state index in [4.69, 9.17) is 21.4 Å². The fourth-order valence-corrected chi connectivity index (χ4v) is 5.29. The third kappa shape index (κ3) is 6.14. The second-order valence-corrected chi connectivity index (χ2v) is 9.90. The molecule has 0 fully saturated rings. The van der Waals surface area contributed by atoms with Gasteiger partial charge in [-0.05, 0) is 72.5 Å². The molecule has 1 unspecified atom stereocenters. The van der Waals surface area contributed by atoms with Gasteiger partial charge in [0.2, 0.25) is 0 Å². The van der Waals surface area contributed by atoms with E-state index in [9.17, 15) is 13.2 Å². The van der Waals surface area contributed by atoms with Gasteiger partial charge in [0, 0.05) is 29.5 Å². The minimum Gasteiger partial charge on any atom is -0.495 e. The minimum atomic E-state index is -0.637. The Morgan fingerprint density at radius 3 is 2.41 bits per heavy atom. The molecule has 1 aromatic heterocycles. The number of thioether (sulfide) groups is 1. The maximum Gasteiger partial charge on any atom is 0.173 e. The Labute approximate surface area is 223 Å². The molecule has 37 heavy (non-hydrogen) atoms. The average molecular weight is 547 g/mol. The lowest BCUT2D eigenvalue weighted by Crippen LogP contribution is -2.07. The molecule has 3 aromatic carbocycles. The number of aliphatic hydroxyl groups is 1. The van der Waals surface area contributed by atoms with Gasteiger partial charge < -0.3 is 9.84 Å². The summed E-state index contributed by atoms with van der Waals surface area (Å²) in [6.45, 7) is 1.95. The van der Waals surface area contributed by atoms with Crippen molar-refractivity contribution >= 4 is 23.4 Å². The van der Waals surface area contributed by atoms with Crippen LogP contribution in [0.2, 0.25) is 5.02 Å². The van der Waals surface area contributed by atoms with Gasteiger partial charge in [0.15, 0.2) is 5.16 Å². The van der Waals surface area contributed by atoms with Gasteiger partial charge in [0.05, 0.1) is 24.0 Å². The summed E-state index contributed by atoms with van der Waals surface area (Å²) in [5, 5.41) is 9.99. The quantitative estimate of drug-likeness (QED) is 0.212. The lowest BCUT2D eigenvalue weighted by Gasteiger charge is -2.18. The fourth-order valence-electron chi connectivity index (χ4n) is 4.08. The zero-order valence-electron chi connectivity index (χ0n) is 20.3. The van der Waals surface area contributed by atoms with E-state index in [1.54, 1.807) is 31.5 Å². The van der Waals surface area contributed by atoms with E-state index in [0.29, 0.717) is 40.0 Å². The number of rotatable bonds is 10. The topological polar surface area (TPSA) is 47.3 Å². The molecule has 0 saturated heterocycles. The Bertz CT molecular complexity index is 1360. The predicted octanol–water partition coefficient (Wildman–Crippen LogP) is 7.32. The van der Waals surface area contributed by atoms with Crippen molar-refractivity contribution in [3.63, 3.8) is 0 Å². The van der Waals surface area contributed by atoms with Crippen molar-refractivity contribution in [3.05, 3.63) is 106 Å². The molecule has 4 nitrogen and oxygen atoms in total. The average Bonchev–Trinajstić information content (AvgIpc) is 3.31. The third-order valence-electron chi connectivity index (χ3n) is 6.13. The van der Waals surface area contributed by atoms with Crippen LogP contribution in [0.3, 0.4) is 0 Å². The molecule has 0 spiro atoms. The highest BCUT2D eigenvalue weighted by atomic mass is 35.5. The molecule has 1 heterocycles. The van der Waals surface area contributed by atoms with Crippen LogP contribution in [0.1, 0.15) is 41.6 Å². The summed E-state index contributed by atoms with van der Waals surface area (Å²) in [5.41, 5.74) is 2.85. The van der Waals surface area contributed by atoms with Gasteiger partial charge in [-0.1, -0.05) is 36.4 Å². The summed E-state index contributed by atoms with van der Waals surface area (Å²) in [4.78, 5) is 4.56. The molecule has 1 atom stereocenters. The smallest absolute Gasteiger partial charge is 0.173 e. The van der Waals surface area contributed by atoms with Gasteiger partial charge in [-0.2, -0.15) is 0 Å². The van der Waals surface area contributed by atoms with Gasteiger partial charge in [-0.3, -0.25) is 4.57 Å². The summed E-state index contributed by atoms with van der Waals surface area (Å²) < 4.78 is 50.4. The molecule has 1 N–H and O–H groups in total. The van der Waals surface area contributed by atoms with Gasteiger partial charge in [-0.25, -0.2) is 18.2 Å². The summed E-state index contributed by atoms with van der Waals surface area (Å²) in [5.74, 6) is -1.25. The minimum absolute atomic E-state index is 0.0126. The number of aromatic nitrogens is 2. The Kier molecular flexibility index (Phi) is 8.84. The Hall–Kier alpha value is -2.94. The zero-order valence-corrected chi connectivity index (χ0v) is 21.9. The van der Waals surface area contributed by atoms with Crippen LogP contribution < -0.4 is 4.74 Å².